The van der Waals surface area contributed by atoms with Crippen LogP contribution < -0.4 is 10.2 Å². The molecule has 0 unspecified atom stereocenters. The lowest BCUT2D eigenvalue weighted by molar-refractivity contribution is 0.0931. The molecule has 0 aliphatic carbocycles. The molecule has 1 saturated heterocycles. The number of aromatic nitrogens is 4. The molecule has 3 heterocycles. The van der Waals surface area contributed by atoms with E-state index in [1.807, 2.05) is 60.3 Å². The van der Waals surface area contributed by atoms with E-state index < -0.39 is 0 Å². The summed E-state index contributed by atoms with van der Waals surface area (Å²) in [6.45, 7) is 1.65. The molecule has 2 aromatic heterocycles. The molecule has 0 radical (unpaired) electrons. The van der Waals surface area contributed by atoms with Gasteiger partial charge < -0.3 is 10.2 Å². The molecule has 0 atom stereocenters. The van der Waals surface area contributed by atoms with Crippen molar-refractivity contribution in [1.29, 1.82) is 0 Å². The summed E-state index contributed by atoms with van der Waals surface area (Å²) in [4.78, 5) is 14.7. The first-order valence-electron chi connectivity index (χ1n) is 10.6. The van der Waals surface area contributed by atoms with Crippen molar-refractivity contribution in [3.05, 3.63) is 72.4 Å². The molecule has 0 spiro atoms. The van der Waals surface area contributed by atoms with Gasteiger partial charge in [0.05, 0.1) is 5.69 Å². The molecular weight excluding hydrogens is 388 g/mol. The molecule has 1 aliphatic heterocycles. The minimum atomic E-state index is -0.00942. The van der Waals surface area contributed by atoms with Gasteiger partial charge in [0.15, 0.2) is 5.82 Å². The normalized spacial score (nSPS) is 14.7. The average molecular weight is 412 g/mol. The molecule has 1 aliphatic rings. The topological polar surface area (TPSA) is 75.9 Å². The molecule has 7 heteroatoms. The van der Waals surface area contributed by atoms with Crippen LogP contribution in [0.1, 0.15) is 23.2 Å². The molecule has 0 bridgehead atoms. The summed E-state index contributed by atoms with van der Waals surface area (Å²) in [5, 5.41) is 18.8. The first-order chi connectivity index (χ1) is 15.2. The zero-order chi connectivity index (χ0) is 21.2. The van der Waals surface area contributed by atoms with Crippen LogP contribution in [-0.4, -0.2) is 45.0 Å². The van der Waals surface area contributed by atoms with Gasteiger partial charge in [0.2, 0.25) is 0 Å². The standard InChI is InChI=1S/C24H24N6O/c1-29-21(11-14-25-29)22-19-9-5-6-10-20(19)23(28-27-22)30-15-12-18(13-16-30)26-24(31)17-7-3-2-4-8-17/h2-11,14,18H,12-13,15-16H2,1H3,(H,26,31). The molecule has 7 nitrogen and oxygen atoms in total. The van der Waals surface area contributed by atoms with Gasteiger partial charge in [-0.1, -0.05) is 42.5 Å². The van der Waals surface area contributed by atoms with Gasteiger partial charge >= 0.3 is 0 Å². The van der Waals surface area contributed by atoms with E-state index in [4.69, 9.17) is 0 Å². The van der Waals surface area contributed by atoms with E-state index in [1.54, 1.807) is 6.20 Å². The third kappa shape index (κ3) is 3.74. The Morgan fingerprint density at radius 2 is 1.65 bits per heavy atom. The summed E-state index contributed by atoms with van der Waals surface area (Å²) in [5.74, 6) is 0.888. The van der Waals surface area contributed by atoms with Crippen LogP contribution in [0.25, 0.3) is 22.2 Å². The average Bonchev–Trinajstić information content (AvgIpc) is 3.25. The van der Waals surface area contributed by atoms with Crippen molar-refractivity contribution >= 4 is 22.5 Å². The first kappa shape index (κ1) is 19.2. The molecular formula is C24H24N6O. The highest BCUT2D eigenvalue weighted by molar-refractivity contribution is 5.99. The second-order valence-electron chi connectivity index (χ2n) is 7.86. The fraction of sp³-hybridized carbons (Fsp3) is 0.250. The summed E-state index contributed by atoms with van der Waals surface area (Å²) in [6, 6.07) is 19.7. The number of benzene rings is 2. The maximum Gasteiger partial charge on any atom is 0.251 e. The van der Waals surface area contributed by atoms with Gasteiger partial charge in [-0.25, -0.2) is 0 Å². The van der Waals surface area contributed by atoms with Crippen LogP contribution in [0.2, 0.25) is 0 Å². The number of nitrogens with one attached hydrogen (secondary N) is 1. The van der Waals surface area contributed by atoms with Crippen LogP contribution in [0.3, 0.4) is 0 Å². The SMILES string of the molecule is Cn1nccc1-c1nnc(N2CCC(NC(=O)c3ccccc3)CC2)c2ccccc12. The van der Waals surface area contributed by atoms with Crippen LogP contribution in [0.4, 0.5) is 5.82 Å². The Balaban J connectivity index is 1.35. The van der Waals surface area contributed by atoms with Crippen LogP contribution in [0.5, 0.6) is 0 Å². The molecule has 2 aromatic carbocycles. The number of aryl methyl sites for hydroxylation is 1. The lowest BCUT2D eigenvalue weighted by atomic mass is 10.0. The van der Waals surface area contributed by atoms with Gasteiger partial charge in [-0.15, -0.1) is 10.2 Å². The second kappa shape index (κ2) is 8.18. The smallest absolute Gasteiger partial charge is 0.251 e. The monoisotopic (exact) mass is 412 g/mol. The Bertz CT molecular complexity index is 1210. The first-order valence-corrected chi connectivity index (χ1v) is 10.6. The Labute approximate surface area is 180 Å². The molecule has 0 saturated carbocycles. The Kier molecular flexibility index (Phi) is 5.08. The van der Waals surface area contributed by atoms with Crippen LogP contribution in [0.15, 0.2) is 66.9 Å². The van der Waals surface area contributed by atoms with Gasteiger partial charge in [0.1, 0.15) is 5.69 Å². The number of fused-ring (bicyclic) bond motifs is 1. The fourth-order valence-electron chi connectivity index (χ4n) is 4.21. The van der Waals surface area contributed by atoms with Crippen molar-refractivity contribution in [3.8, 4) is 11.4 Å². The fourth-order valence-corrected chi connectivity index (χ4v) is 4.21. The van der Waals surface area contributed by atoms with Crippen molar-refractivity contribution in [3.63, 3.8) is 0 Å². The maximum atomic E-state index is 12.5. The number of carbonyl (C=O) groups is 1. The molecule has 1 fully saturated rings. The second-order valence-corrected chi connectivity index (χ2v) is 7.86. The van der Waals surface area contributed by atoms with E-state index in [0.717, 1.165) is 53.9 Å². The summed E-state index contributed by atoms with van der Waals surface area (Å²) in [7, 11) is 1.91. The number of rotatable bonds is 4. The quantitative estimate of drug-likeness (QED) is 0.556. The zero-order valence-electron chi connectivity index (χ0n) is 17.4. The van der Waals surface area contributed by atoms with E-state index in [2.05, 4.69) is 37.6 Å². The minimum absolute atomic E-state index is 0.00942. The lowest BCUT2D eigenvalue weighted by Crippen LogP contribution is -2.45. The number of carbonyl (C=O) groups excluding carboxylic acids is 1. The molecule has 5 rings (SSSR count). The highest BCUT2D eigenvalue weighted by atomic mass is 16.1. The highest BCUT2D eigenvalue weighted by Crippen LogP contribution is 2.32. The number of amides is 1. The predicted octanol–water partition coefficient (Wildman–Crippen LogP) is 3.43. The number of nitrogens with zero attached hydrogens (tertiary/aromatic N) is 5. The van der Waals surface area contributed by atoms with Crippen molar-refractivity contribution in [2.45, 2.75) is 18.9 Å². The van der Waals surface area contributed by atoms with Crippen molar-refractivity contribution in [2.24, 2.45) is 7.05 Å². The van der Waals surface area contributed by atoms with E-state index in [9.17, 15) is 4.79 Å². The summed E-state index contributed by atoms with van der Waals surface area (Å²) >= 11 is 0. The molecule has 4 aromatic rings. The van der Waals surface area contributed by atoms with E-state index in [1.165, 1.54) is 0 Å². The van der Waals surface area contributed by atoms with Gasteiger partial charge in [0, 0.05) is 48.7 Å². The van der Waals surface area contributed by atoms with Gasteiger partial charge in [0.25, 0.3) is 5.91 Å². The van der Waals surface area contributed by atoms with Gasteiger partial charge in [-0.2, -0.15) is 5.10 Å². The van der Waals surface area contributed by atoms with Gasteiger partial charge in [-0.3, -0.25) is 9.48 Å². The maximum absolute atomic E-state index is 12.5. The van der Waals surface area contributed by atoms with E-state index in [0.29, 0.717) is 5.56 Å². The Morgan fingerprint density at radius 3 is 2.35 bits per heavy atom. The third-order valence-electron chi connectivity index (χ3n) is 5.90. The summed E-state index contributed by atoms with van der Waals surface area (Å²) in [5.41, 5.74) is 2.48. The Morgan fingerprint density at radius 1 is 0.935 bits per heavy atom. The summed E-state index contributed by atoms with van der Waals surface area (Å²) in [6.07, 6.45) is 3.52. The number of piperidine rings is 1. The highest BCUT2D eigenvalue weighted by Gasteiger charge is 2.24. The number of anilines is 1. The molecule has 156 valence electrons. The van der Waals surface area contributed by atoms with Crippen LogP contribution >= 0.6 is 0 Å². The minimum Gasteiger partial charge on any atom is -0.354 e. The largest absolute Gasteiger partial charge is 0.354 e. The van der Waals surface area contributed by atoms with Crippen LogP contribution in [0, 0.1) is 0 Å². The van der Waals surface area contributed by atoms with Crippen LogP contribution in [-0.2, 0) is 7.05 Å². The molecule has 1 amide bonds. The number of hydrogen-bond donors (Lipinski definition) is 1. The molecule has 31 heavy (non-hydrogen) atoms. The van der Waals surface area contributed by atoms with E-state index in [-0.39, 0.29) is 11.9 Å². The van der Waals surface area contributed by atoms with E-state index >= 15 is 0 Å². The van der Waals surface area contributed by atoms with Gasteiger partial charge in [-0.05, 0) is 31.0 Å². The molecule has 1 N–H and O–H groups in total. The zero-order valence-corrected chi connectivity index (χ0v) is 17.4. The van der Waals surface area contributed by atoms with Crippen molar-refractivity contribution in [2.75, 3.05) is 18.0 Å². The van der Waals surface area contributed by atoms with Crippen molar-refractivity contribution < 1.29 is 4.79 Å². The summed E-state index contributed by atoms with van der Waals surface area (Å²) < 4.78 is 1.82. The predicted molar refractivity (Wildman–Crippen MR) is 121 cm³/mol. The number of hydrogen-bond acceptors (Lipinski definition) is 5. The Hall–Kier alpha value is -3.74. The third-order valence-corrected chi connectivity index (χ3v) is 5.90. The van der Waals surface area contributed by atoms with Crippen molar-refractivity contribution in [1.82, 2.24) is 25.3 Å². The lowest BCUT2D eigenvalue weighted by Gasteiger charge is -2.33.